The first-order valence-corrected chi connectivity index (χ1v) is 10.4. The minimum absolute atomic E-state index is 0.173. The number of aromatic nitrogens is 5. The van der Waals surface area contributed by atoms with E-state index in [9.17, 15) is 5.11 Å². The Hall–Kier alpha value is -3.77. The van der Waals surface area contributed by atoms with E-state index in [2.05, 4.69) is 31.6 Å². The van der Waals surface area contributed by atoms with Crippen molar-refractivity contribution >= 4 is 16.7 Å². The van der Waals surface area contributed by atoms with Crippen LogP contribution in [0, 0.1) is 11.3 Å². The molecule has 4 aromatic rings. The highest BCUT2D eigenvalue weighted by Gasteiger charge is 2.18. The van der Waals surface area contributed by atoms with Gasteiger partial charge >= 0.3 is 0 Å². The number of nitriles is 1. The van der Waals surface area contributed by atoms with E-state index in [1.54, 1.807) is 37.0 Å². The number of nitrogens with one attached hydrogen (secondary N) is 1. The van der Waals surface area contributed by atoms with Gasteiger partial charge in [-0.2, -0.15) is 15.0 Å². The quantitative estimate of drug-likeness (QED) is 0.452. The molecule has 0 aliphatic carbocycles. The van der Waals surface area contributed by atoms with Gasteiger partial charge in [0.1, 0.15) is 6.07 Å². The average molecular weight is 432 g/mol. The van der Waals surface area contributed by atoms with E-state index in [-0.39, 0.29) is 6.04 Å². The molecule has 4 rings (SSSR count). The summed E-state index contributed by atoms with van der Waals surface area (Å²) >= 11 is 0. The number of pyridine rings is 2. The molecule has 9 heteroatoms. The van der Waals surface area contributed by atoms with Crippen LogP contribution in [0.15, 0.2) is 41.3 Å². The minimum atomic E-state index is -0.763. The van der Waals surface area contributed by atoms with Gasteiger partial charge < -0.3 is 14.9 Å². The molecule has 0 saturated heterocycles. The summed E-state index contributed by atoms with van der Waals surface area (Å²) in [4.78, 5) is 8.95. The first-order valence-electron chi connectivity index (χ1n) is 10.4. The molecule has 0 aliphatic heterocycles. The fourth-order valence-electron chi connectivity index (χ4n) is 3.33. The number of nitrogens with zero attached hydrogens (tertiary/aromatic N) is 6. The van der Waals surface area contributed by atoms with E-state index in [4.69, 9.17) is 9.78 Å². The van der Waals surface area contributed by atoms with Gasteiger partial charge in [-0.25, -0.2) is 9.97 Å². The lowest BCUT2D eigenvalue weighted by molar-refractivity contribution is 0.0709. The Balaban J connectivity index is 1.70. The van der Waals surface area contributed by atoms with Gasteiger partial charge in [0, 0.05) is 36.0 Å². The molecule has 0 radical (unpaired) electrons. The number of aryl methyl sites for hydroxylation is 1. The zero-order chi connectivity index (χ0) is 22.9. The van der Waals surface area contributed by atoms with Gasteiger partial charge in [-0.05, 0) is 46.6 Å². The maximum Gasteiger partial charge on any atom is 0.170 e. The molecule has 0 bridgehead atoms. The second-order valence-corrected chi connectivity index (χ2v) is 8.69. The first kappa shape index (κ1) is 21.5. The first-order chi connectivity index (χ1) is 15.2. The van der Waals surface area contributed by atoms with Crippen molar-refractivity contribution in [1.82, 2.24) is 24.9 Å². The molecule has 0 amide bonds. The fraction of sp³-hybridized carbons (Fsp3) is 0.348. The van der Waals surface area contributed by atoms with Gasteiger partial charge in [0.25, 0.3) is 0 Å². The molecule has 164 valence electrons. The van der Waals surface area contributed by atoms with Crippen molar-refractivity contribution in [3.8, 4) is 23.2 Å². The third-order valence-electron chi connectivity index (χ3n) is 4.91. The van der Waals surface area contributed by atoms with Crippen molar-refractivity contribution in [3.63, 3.8) is 0 Å². The lowest BCUT2D eigenvalue weighted by Gasteiger charge is -2.15. The highest BCUT2D eigenvalue weighted by Crippen LogP contribution is 2.31. The molecule has 2 N–H and O–H groups in total. The summed E-state index contributed by atoms with van der Waals surface area (Å²) in [5, 5.41) is 31.8. The van der Waals surface area contributed by atoms with E-state index in [1.807, 2.05) is 26.0 Å². The van der Waals surface area contributed by atoms with Crippen molar-refractivity contribution in [2.24, 2.45) is 0 Å². The van der Waals surface area contributed by atoms with Gasteiger partial charge in [-0.1, -0.05) is 5.16 Å². The number of hydrogen-bond donors (Lipinski definition) is 2. The van der Waals surface area contributed by atoms with E-state index >= 15 is 0 Å². The van der Waals surface area contributed by atoms with Crippen LogP contribution in [0.5, 0.6) is 0 Å². The van der Waals surface area contributed by atoms with Crippen molar-refractivity contribution in [2.45, 2.75) is 52.2 Å². The number of anilines is 1. The zero-order valence-corrected chi connectivity index (χ0v) is 18.5. The average Bonchev–Trinajstić information content (AvgIpc) is 3.38. The van der Waals surface area contributed by atoms with Crippen molar-refractivity contribution in [2.75, 3.05) is 5.32 Å². The molecular weight excluding hydrogens is 406 g/mol. The standard InChI is InChI=1S/C23H25N7O2/c1-14(2)28-19-9-21(30-22-16(12-27-30)7-15(10-24)11-26-22)25-13-18(19)20-8-17(29-32-20)5-6-23(3,4)31/h7-9,11-14,31H,5-6H2,1-4H3,(H,25,28). The molecule has 0 fully saturated rings. The highest BCUT2D eigenvalue weighted by atomic mass is 16.5. The largest absolute Gasteiger partial charge is 0.390 e. The molecule has 0 aromatic carbocycles. The number of rotatable bonds is 7. The van der Waals surface area contributed by atoms with Gasteiger partial charge in [-0.3, -0.25) is 0 Å². The van der Waals surface area contributed by atoms with Gasteiger partial charge in [0.2, 0.25) is 0 Å². The Morgan fingerprint density at radius 2 is 2.00 bits per heavy atom. The Labute approximate surface area is 185 Å². The zero-order valence-electron chi connectivity index (χ0n) is 18.5. The molecule has 0 atom stereocenters. The minimum Gasteiger partial charge on any atom is -0.390 e. The van der Waals surface area contributed by atoms with Gasteiger partial charge in [0.15, 0.2) is 17.2 Å². The molecular formula is C23H25N7O2. The molecule has 0 spiro atoms. The Morgan fingerprint density at radius 3 is 2.72 bits per heavy atom. The smallest absolute Gasteiger partial charge is 0.170 e. The van der Waals surface area contributed by atoms with Crippen LogP contribution in [-0.4, -0.2) is 41.7 Å². The van der Waals surface area contributed by atoms with Crippen LogP contribution in [0.3, 0.4) is 0 Å². The summed E-state index contributed by atoms with van der Waals surface area (Å²) in [7, 11) is 0. The van der Waals surface area contributed by atoms with Crippen LogP contribution in [0.2, 0.25) is 0 Å². The predicted molar refractivity (Wildman–Crippen MR) is 120 cm³/mol. The van der Waals surface area contributed by atoms with E-state index < -0.39 is 5.60 Å². The topological polar surface area (TPSA) is 126 Å². The van der Waals surface area contributed by atoms with Crippen LogP contribution in [-0.2, 0) is 6.42 Å². The molecule has 4 aromatic heterocycles. The highest BCUT2D eigenvalue weighted by molar-refractivity contribution is 5.79. The maximum absolute atomic E-state index is 9.96. The van der Waals surface area contributed by atoms with Crippen LogP contribution in [0.1, 0.15) is 45.4 Å². The summed E-state index contributed by atoms with van der Waals surface area (Å²) in [6.45, 7) is 7.65. The van der Waals surface area contributed by atoms with Gasteiger partial charge in [-0.15, -0.1) is 0 Å². The lowest BCUT2D eigenvalue weighted by atomic mass is 10.0. The van der Waals surface area contributed by atoms with Crippen LogP contribution in [0.4, 0.5) is 5.69 Å². The Morgan fingerprint density at radius 1 is 1.19 bits per heavy atom. The lowest BCUT2D eigenvalue weighted by Crippen LogP contribution is -2.19. The third kappa shape index (κ3) is 4.60. The van der Waals surface area contributed by atoms with Crippen LogP contribution >= 0.6 is 0 Å². The SMILES string of the molecule is CC(C)Nc1cc(-n2ncc3cc(C#N)cnc32)ncc1-c1cc(CCC(C)(C)O)no1. The van der Waals surface area contributed by atoms with Crippen molar-refractivity contribution < 1.29 is 9.63 Å². The predicted octanol–water partition coefficient (Wildman–Crippen LogP) is 3.87. The molecule has 0 saturated carbocycles. The van der Waals surface area contributed by atoms with Gasteiger partial charge in [0.05, 0.1) is 34.3 Å². The van der Waals surface area contributed by atoms with E-state index in [0.717, 1.165) is 22.3 Å². The second kappa shape index (κ2) is 8.40. The molecule has 32 heavy (non-hydrogen) atoms. The fourth-order valence-corrected chi connectivity index (χ4v) is 3.33. The van der Waals surface area contributed by atoms with Crippen LogP contribution in [0.25, 0.3) is 28.2 Å². The Bertz CT molecular complexity index is 1290. The third-order valence-corrected chi connectivity index (χ3v) is 4.91. The monoisotopic (exact) mass is 431 g/mol. The maximum atomic E-state index is 9.96. The molecule has 9 nitrogen and oxygen atoms in total. The van der Waals surface area contributed by atoms with Crippen LogP contribution < -0.4 is 5.32 Å². The normalized spacial score (nSPS) is 11.8. The molecule has 0 unspecified atom stereocenters. The number of hydrogen-bond acceptors (Lipinski definition) is 8. The van der Waals surface area contributed by atoms with Crippen molar-refractivity contribution in [1.29, 1.82) is 5.26 Å². The molecule has 4 heterocycles. The van der Waals surface area contributed by atoms with Crippen molar-refractivity contribution in [3.05, 3.63) is 48.0 Å². The van der Waals surface area contributed by atoms with E-state index in [1.165, 1.54) is 6.20 Å². The summed E-state index contributed by atoms with van der Waals surface area (Å²) < 4.78 is 7.23. The Kier molecular flexibility index (Phi) is 5.63. The summed E-state index contributed by atoms with van der Waals surface area (Å²) in [6.07, 6.45) is 6.10. The summed E-state index contributed by atoms with van der Waals surface area (Å²) in [5.74, 6) is 1.19. The molecule has 0 aliphatic rings. The summed E-state index contributed by atoms with van der Waals surface area (Å²) in [6, 6.07) is 7.78. The summed E-state index contributed by atoms with van der Waals surface area (Å²) in [5.41, 5.74) is 2.72. The van der Waals surface area contributed by atoms with E-state index in [0.29, 0.717) is 35.6 Å². The second-order valence-electron chi connectivity index (χ2n) is 8.69. The number of aliphatic hydroxyl groups is 1. The number of fused-ring (bicyclic) bond motifs is 1.